The van der Waals surface area contributed by atoms with E-state index in [1.165, 1.54) is 11.8 Å². The van der Waals surface area contributed by atoms with Gasteiger partial charge in [-0.15, -0.1) is 0 Å². The molecule has 3 rings (SSSR count). The summed E-state index contributed by atoms with van der Waals surface area (Å²) in [7, 11) is 0. The van der Waals surface area contributed by atoms with Gasteiger partial charge < -0.3 is 4.90 Å². The van der Waals surface area contributed by atoms with Crippen molar-refractivity contribution >= 4 is 40.5 Å². The van der Waals surface area contributed by atoms with Crippen molar-refractivity contribution in [1.29, 1.82) is 5.26 Å². The Morgan fingerprint density at radius 2 is 2.04 bits per heavy atom. The van der Waals surface area contributed by atoms with E-state index in [0.29, 0.717) is 16.3 Å². The second kappa shape index (κ2) is 7.84. The van der Waals surface area contributed by atoms with Crippen LogP contribution in [0.15, 0.2) is 34.2 Å². The fraction of sp³-hybridized carbons (Fsp3) is 0.353. The topological polar surface area (TPSA) is 59.7 Å². The minimum absolute atomic E-state index is 0.207. The average Bonchev–Trinajstić information content (AvgIpc) is 2.96. The van der Waals surface area contributed by atoms with Gasteiger partial charge >= 0.3 is 0 Å². The molecule has 1 aromatic carbocycles. The van der Waals surface area contributed by atoms with Crippen LogP contribution in [-0.2, 0) is 4.79 Å². The molecule has 0 aliphatic carbocycles. The molecule has 2 aliphatic rings. The molecule has 0 N–H and O–H groups in total. The number of amidine groups is 1. The number of piperazine rings is 1. The van der Waals surface area contributed by atoms with Crippen LogP contribution in [0.5, 0.6) is 0 Å². The van der Waals surface area contributed by atoms with E-state index in [2.05, 4.69) is 20.9 Å². The monoisotopic (exact) mass is 360 g/mol. The van der Waals surface area contributed by atoms with Crippen molar-refractivity contribution in [3.05, 3.63) is 39.8 Å². The summed E-state index contributed by atoms with van der Waals surface area (Å²) in [5.74, 6) is -0.207. The van der Waals surface area contributed by atoms with Gasteiger partial charge in [0.25, 0.3) is 5.91 Å². The Hall–Kier alpha value is -1.81. The molecule has 1 saturated heterocycles. The van der Waals surface area contributed by atoms with Crippen LogP contribution in [0.2, 0.25) is 5.02 Å². The summed E-state index contributed by atoms with van der Waals surface area (Å²) in [5, 5.41) is 10.0. The largest absolute Gasteiger partial charge is 0.348 e. The highest BCUT2D eigenvalue weighted by atomic mass is 35.5. The van der Waals surface area contributed by atoms with Crippen molar-refractivity contribution in [3.8, 4) is 6.07 Å². The van der Waals surface area contributed by atoms with Gasteiger partial charge in [-0.2, -0.15) is 10.3 Å². The Kier molecular flexibility index (Phi) is 5.56. The number of carbonyl (C=O) groups is 1. The van der Waals surface area contributed by atoms with E-state index in [0.717, 1.165) is 43.5 Å². The third-order valence-electron chi connectivity index (χ3n) is 3.98. The zero-order chi connectivity index (χ0) is 16.9. The number of hydrogen-bond acceptors (Lipinski definition) is 5. The number of nitriles is 1. The molecule has 1 fully saturated rings. The van der Waals surface area contributed by atoms with Crippen LogP contribution in [0.3, 0.4) is 0 Å². The highest BCUT2D eigenvalue weighted by molar-refractivity contribution is 8.18. The number of amides is 1. The Labute approximate surface area is 150 Å². The normalized spacial score (nSPS) is 20.3. The van der Waals surface area contributed by atoms with E-state index < -0.39 is 0 Å². The molecule has 2 heterocycles. The highest BCUT2D eigenvalue weighted by Gasteiger charge is 2.28. The van der Waals surface area contributed by atoms with Crippen LogP contribution in [0.1, 0.15) is 12.0 Å². The Morgan fingerprint density at radius 1 is 1.29 bits per heavy atom. The van der Waals surface area contributed by atoms with Gasteiger partial charge in [0.15, 0.2) is 5.17 Å². The molecule has 124 valence electrons. The maximum absolute atomic E-state index is 12.2. The van der Waals surface area contributed by atoms with Gasteiger partial charge in [0, 0.05) is 44.2 Å². The molecule has 24 heavy (non-hydrogen) atoms. The first kappa shape index (κ1) is 17.0. The number of rotatable bonds is 3. The van der Waals surface area contributed by atoms with Crippen molar-refractivity contribution in [1.82, 2.24) is 9.80 Å². The molecule has 0 bridgehead atoms. The number of benzene rings is 1. The lowest BCUT2D eigenvalue weighted by Gasteiger charge is -2.34. The predicted octanol–water partition coefficient (Wildman–Crippen LogP) is 2.84. The molecule has 2 aliphatic heterocycles. The Balaban J connectivity index is 1.62. The van der Waals surface area contributed by atoms with Crippen LogP contribution >= 0.6 is 23.4 Å². The Morgan fingerprint density at radius 3 is 2.75 bits per heavy atom. The second-order valence-corrected chi connectivity index (χ2v) is 6.98. The summed E-state index contributed by atoms with van der Waals surface area (Å²) >= 11 is 7.56. The smallest absolute Gasteiger partial charge is 0.286 e. The lowest BCUT2D eigenvalue weighted by molar-refractivity contribution is -0.113. The van der Waals surface area contributed by atoms with E-state index in [-0.39, 0.29) is 5.91 Å². The van der Waals surface area contributed by atoms with Gasteiger partial charge in [0.2, 0.25) is 0 Å². The summed E-state index contributed by atoms with van der Waals surface area (Å²) in [4.78, 5) is 21.4. The average molecular weight is 361 g/mol. The molecule has 0 aromatic heterocycles. The van der Waals surface area contributed by atoms with Crippen LogP contribution in [0, 0.1) is 11.3 Å². The molecule has 1 amide bonds. The molecular formula is C17H17ClN4OS. The van der Waals surface area contributed by atoms with Crippen molar-refractivity contribution < 1.29 is 4.79 Å². The standard InChI is InChI=1S/C17H17ClN4OS/c18-14-5-2-1-4-13(14)12-15-16(23)20-17(24-15)22-10-8-21(9-11-22)7-3-6-19/h1-2,4-5,12H,3,7-11H2. The first-order valence-electron chi connectivity index (χ1n) is 7.79. The van der Waals surface area contributed by atoms with E-state index in [1.54, 1.807) is 12.1 Å². The Bertz CT molecular complexity index is 732. The zero-order valence-electron chi connectivity index (χ0n) is 13.1. The number of carbonyl (C=O) groups excluding carboxylic acids is 1. The van der Waals surface area contributed by atoms with Crippen LogP contribution in [-0.4, -0.2) is 53.6 Å². The first-order chi connectivity index (χ1) is 11.7. The minimum atomic E-state index is -0.207. The van der Waals surface area contributed by atoms with Crippen LogP contribution < -0.4 is 0 Å². The summed E-state index contributed by atoms with van der Waals surface area (Å²) in [6.45, 7) is 4.23. The molecule has 5 nitrogen and oxygen atoms in total. The highest BCUT2D eigenvalue weighted by Crippen LogP contribution is 2.32. The maximum atomic E-state index is 12.2. The van der Waals surface area contributed by atoms with Crippen molar-refractivity contribution in [2.75, 3.05) is 32.7 Å². The van der Waals surface area contributed by atoms with Gasteiger partial charge in [-0.25, -0.2) is 0 Å². The molecule has 0 radical (unpaired) electrons. The van der Waals surface area contributed by atoms with Crippen LogP contribution in [0.25, 0.3) is 6.08 Å². The lowest BCUT2D eigenvalue weighted by atomic mass is 10.2. The van der Waals surface area contributed by atoms with E-state index >= 15 is 0 Å². The van der Waals surface area contributed by atoms with E-state index in [9.17, 15) is 4.79 Å². The van der Waals surface area contributed by atoms with E-state index in [4.69, 9.17) is 16.9 Å². The summed E-state index contributed by atoms with van der Waals surface area (Å²) in [6, 6.07) is 9.62. The van der Waals surface area contributed by atoms with Gasteiger partial charge in [-0.1, -0.05) is 29.8 Å². The lowest BCUT2D eigenvalue weighted by Crippen LogP contribution is -2.47. The second-order valence-electron chi connectivity index (χ2n) is 5.57. The van der Waals surface area contributed by atoms with Crippen molar-refractivity contribution in [2.45, 2.75) is 6.42 Å². The number of aliphatic imine (C=N–C) groups is 1. The van der Waals surface area contributed by atoms with Gasteiger partial charge in [-0.05, 0) is 29.5 Å². The number of nitrogens with zero attached hydrogens (tertiary/aromatic N) is 4. The van der Waals surface area contributed by atoms with Crippen molar-refractivity contribution in [3.63, 3.8) is 0 Å². The van der Waals surface area contributed by atoms with Crippen LogP contribution in [0.4, 0.5) is 0 Å². The summed E-state index contributed by atoms with van der Waals surface area (Å²) in [6.07, 6.45) is 2.36. The van der Waals surface area contributed by atoms with Gasteiger partial charge in [0.05, 0.1) is 11.0 Å². The summed E-state index contributed by atoms with van der Waals surface area (Å²) in [5.41, 5.74) is 0.827. The fourth-order valence-electron chi connectivity index (χ4n) is 2.64. The minimum Gasteiger partial charge on any atom is -0.348 e. The third-order valence-corrected chi connectivity index (χ3v) is 5.37. The summed E-state index contributed by atoms with van der Waals surface area (Å²) < 4.78 is 0. The number of halogens is 1. The van der Waals surface area contributed by atoms with Gasteiger partial charge in [-0.3, -0.25) is 9.69 Å². The molecule has 0 spiro atoms. The first-order valence-corrected chi connectivity index (χ1v) is 8.98. The predicted molar refractivity (Wildman–Crippen MR) is 97.7 cm³/mol. The molecule has 1 aromatic rings. The SMILES string of the molecule is N#CCCN1CCN(C2=NC(=O)C(=Cc3ccccc3Cl)S2)CC1. The number of thioether (sulfide) groups is 1. The molecule has 0 atom stereocenters. The maximum Gasteiger partial charge on any atom is 0.286 e. The van der Waals surface area contributed by atoms with E-state index in [1.807, 2.05) is 18.2 Å². The molecular weight excluding hydrogens is 344 g/mol. The zero-order valence-corrected chi connectivity index (χ0v) is 14.7. The molecule has 7 heteroatoms. The third kappa shape index (κ3) is 3.99. The molecule has 0 saturated carbocycles. The number of hydrogen-bond donors (Lipinski definition) is 0. The van der Waals surface area contributed by atoms with Crippen molar-refractivity contribution in [2.24, 2.45) is 4.99 Å². The fourth-order valence-corrected chi connectivity index (χ4v) is 3.78. The molecule has 0 unspecified atom stereocenters. The quantitative estimate of drug-likeness (QED) is 0.776. The van der Waals surface area contributed by atoms with Gasteiger partial charge in [0.1, 0.15) is 0 Å².